The van der Waals surface area contributed by atoms with Crippen LogP contribution in [-0.4, -0.2) is 37.4 Å². The third kappa shape index (κ3) is 2.82. The van der Waals surface area contributed by atoms with Crippen LogP contribution in [0.15, 0.2) is 0 Å². The predicted octanol–water partition coefficient (Wildman–Crippen LogP) is 2.31. The van der Waals surface area contributed by atoms with Crippen molar-refractivity contribution in [1.29, 1.82) is 0 Å². The third-order valence-corrected chi connectivity index (χ3v) is 4.75. The molecule has 118 valence electrons. The van der Waals surface area contributed by atoms with Crippen LogP contribution in [-0.2, 0) is 19.1 Å². The van der Waals surface area contributed by atoms with E-state index in [1.54, 1.807) is 0 Å². The summed E-state index contributed by atoms with van der Waals surface area (Å²) >= 11 is 0. The quantitative estimate of drug-likeness (QED) is 0.694. The molecule has 0 aromatic carbocycles. The Bertz CT molecular complexity index is 297. The number of rotatable bonds is 8. The first-order valence-electron chi connectivity index (χ1n) is 7.21. The van der Waals surface area contributed by atoms with E-state index < -0.39 is 28.9 Å². The SMILES string of the molecule is CCC(CC)(C(=O)OC)C(O)C(CC)(CC)C(=O)OC. The van der Waals surface area contributed by atoms with Gasteiger partial charge in [-0.2, -0.15) is 0 Å². The second-order valence-electron chi connectivity index (χ2n) is 5.11. The van der Waals surface area contributed by atoms with Crippen LogP contribution < -0.4 is 0 Å². The molecule has 0 bridgehead atoms. The van der Waals surface area contributed by atoms with E-state index in [4.69, 9.17) is 9.47 Å². The van der Waals surface area contributed by atoms with Crippen LogP contribution in [0.2, 0.25) is 0 Å². The van der Waals surface area contributed by atoms with Crippen molar-refractivity contribution in [1.82, 2.24) is 0 Å². The minimum absolute atomic E-state index is 0.399. The van der Waals surface area contributed by atoms with Gasteiger partial charge in [0.05, 0.1) is 31.2 Å². The van der Waals surface area contributed by atoms with Crippen molar-refractivity contribution in [2.45, 2.75) is 59.5 Å². The molecular weight excluding hydrogens is 260 g/mol. The molecule has 0 aliphatic heterocycles. The van der Waals surface area contributed by atoms with Gasteiger partial charge in [-0.05, 0) is 25.7 Å². The number of carbonyl (C=O) groups excluding carboxylic acids is 2. The minimum atomic E-state index is -1.14. The van der Waals surface area contributed by atoms with Crippen LogP contribution in [0.4, 0.5) is 0 Å². The molecular formula is C15H28O5. The maximum Gasteiger partial charge on any atom is 0.314 e. The topological polar surface area (TPSA) is 72.8 Å². The first-order valence-corrected chi connectivity index (χ1v) is 7.21. The number of aliphatic hydroxyl groups excluding tert-OH is 1. The maximum absolute atomic E-state index is 12.2. The molecule has 0 saturated heterocycles. The lowest BCUT2D eigenvalue weighted by Gasteiger charge is -2.43. The molecule has 5 nitrogen and oxygen atoms in total. The van der Waals surface area contributed by atoms with Crippen molar-refractivity contribution in [3.05, 3.63) is 0 Å². The fraction of sp³-hybridized carbons (Fsp3) is 0.867. The standard InChI is InChI=1S/C15H28O5/c1-7-14(8-2,12(17)19-5)11(16)15(9-3,10-4)13(18)20-6/h11,16H,7-10H2,1-6H3. The molecule has 0 aromatic heterocycles. The molecule has 0 atom stereocenters. The lowest BCUT2D eigenvalue weighted by atomic mass is 9.63. The van der Waals surface area contributed by atoms with Crippen LogP contribution in [0.1, 0.15) is 53.4 Å². The average Bonchev–Trinajstić information content (AvgIpc) is 2.50. The van der Waals surface area contributed by atoms with Gasteiger partial charge in [0.2, 0.25) is 0 Å². The normalized spacial score (nSPS) is 12.4. The summed E-state index contributed by atoms with van der Waals surface area (Å²) < 4.78 is 9.73. The zero-order valence-corrected chi connectivity index (χ0v) is 13.5. The highest BCUT2D eigenvalue weighted by Crippen LogP contribution is 2.45. The first kappa shape index (κ1) is 18.9. The van der Waals surface area contributed by atoms with Gasteiger partial charge in [-0.25, -0.2) is 0 Å². The van der Waals surface area contributed by atoms with E-state index in [-0.39, 0.29) is 0 Å². The maximum atomic E-state index is 12.2. The highest BCUT2D eigenvalue weighted by Gasteiger charge is 2.56. The Kier molecular flexibility index (Phi) is 7.20. The third-order valence-electron chi connectivity index (χ3n) is 4.75. The lowest BCUT2D eigenvalue weighted by Crippen LogP contribution is -2.55. The molecule has 0 aliphatic rings. The van der Waals surface area contributed by atoms with Crippen LogP contribution in [0.5, 0.6) is 0 Å². The van der Waals surface area contributed by atoms with Crippen LogP contribution >= 0.6 is 0 Å². The minimum Gasteiger partial charge on any atom is -0.469 e. The van der Waals surface area contributed by atoms with Crippen LogP contribution in [0.3, 0.4) is 0 Å². The van der Waals surface area contributed by atoms with E-state index in [1.807, 2.05) is 27.7 Å². The summed E-state index contributed by atoms with van der Waals surface area (Å²) in [5.41, 5.74) is -2.18. The number of methoxy groups -OCH3 is 2. The van der Waals surface area contributed by atoms with Gasteiger partial charge in [-0.1, -0.05) is 27.7 Å². The van der Waals surface area contributed by atoms with Crippen molar-refractivity contribution < 1.29 is 24.2 Å². The van der Waals surface area contributed by atoms with E-state index in [0.717, 1.165) is 0 Å². The number of hydrogen-bond donors (Lipinski definition) is 1. The second-order valence-corrected chi connectivity index (χ2v) is 5.11. The van der Waals surface area contributed by atoms with Crippen molar-refractivity contribution in [3.63, 3.8) is 0 Å². The van der Waals surface area contributed by atoms with E-state index in [2.05, 4.69) is 0 Å². The molecule has 0 heterocycles. The highest BCUT2D eigenvalue weighted by atomic mass is 16.5. The molecule has 0 fully saturated rings. The van der Waals surface area contributed by atoms with Gasteiger partial charge in [0.25, 0.3) is 0 Å². The van der Waals surface area contributed by atoms with Gasteiger partial charge in [-0.3, -0.25) is 9.59 Å². The summed E-state index contributed by atoms with van der Waals surface area (Å²) in [6, 6.07) is 0. The molecule has 0 spiro atoms. The Hall–Kier alpha value is -1.10. The van der Waals surface area contributed by atoms with Gasteiger partial charge in [0.1, 0.15) is 0 Å². The number of hydrogen-bond acceptors (Lipinski definition) is 5. The van der Waals surface area contributed by atoms with Gasteiger partial charge in [-0.15, -0.1) is 0 Å². The van der Waals surface area contributed by atoms with Crippen LogP contribution in [0.25, 0.3) is 0 Å². The number of ether oxygens (including phenoxy) is 2. The number of esters is 2. The fourth-order valence-electron chi connectivity index (χ4n) is 3.01. The van der Waals surface area contributed by atoms with Crippen molar-refractivity contribution in [2.75, 3.05) is 14.2 Å². The second kappa shape index (κ2) is 7.62. The zero-order valence-electron chi connectivity index (χ0n) is 13.5. The Labute approximate surface area is 121 Å². The van der Waals surface area contributed by atoms with E-state index in [9.17, 15) is 14.7 Å². The van der Waals surface area contributed by atoms with Crippen molar-refractivity contribution in [3.8, 4) is 0 Å². The summed E-state index contributed by atoms with van der Waals surface area (Å²) in [6.07, 6.45) is 0.457. The number of aliphatic hydroxyl groups is 1. The van der Waals surface area contributed by atoms with Crippen LogP contribution in [0, 0.1) is 10.8 Å². The molecule has 0 saturated carbocycles. The Morgan fingerprint density at radius 1 is 0.850 bits per heavy atom. The zero-order chi connectivity index (χ0) is 16.0. The van der Waals surface area contributed by atoms with E-state index in [0.29, 0.717) is 25.7 Å². The molecule has 5 heteroatoms. The van der Waals surface area contributed by atoms with E-state index >= 15 is 0 Å². The molecule has 1 N–H and O–H groups in total. The van der Waals surface area contributed by atoms with Gasteiger partial charge < -0.3 is 14.6 Å². The van der Waals surface area contributed by atoms with Crippen molar-refractivity contribution >= 4 is 11.9 Å². The fourth-order valence-corrected chi connectivity index (χ4v) is 3.01. The molecule has 20 heavy (non-hydrogen) atoms. The summed E-state index contributed by atoms with van der Waals surface area (Å²) in [7, 11) is 2.60. The number of carbonyl (C=O) groups is 2. The van der Waals surface area contributed by atoms with Gasteiger partial charge in [0.15, 0.2) is 0 Å². The molecule has 0 aromatic rings. The predicted molar refractivity (Wildman–Crippen MR) is 76.1 cm³/mol. The molecule has 0 unspecified atom stereocenters. The molecule has 0 rings (SSSR count). The van der Waals surface area contributed by atoms with Crippen molar-refractivity contribution in [2.24, 2.45) is 10.8 Å². The molecule has 0 aliphatic carbocycles. The highest BCUT2D eigenvalue weighted by molar-refractivity contribution is 5.82. The summed E-state index contributed by atoms with van der Waals surface area (Å²) in [5.74, 6) is -0.963. The lowest BCUT2D eigenvalue weighted by molar-refractivity contribution is -0.183. The van der Waals surface area contributed by atoms with Gasteiger partial charge in [0, 0.05) is 0 Å². The average molecular weight is 288 g/mol. The Morgan fingerprint density at radius 3 is 1.25 bits per heavy atom. The molecule has 0 amide bonds. The van der Waals surface area contributed by atoms with E-state index in [1.165, 1.54) is 14.2 Å². The molecule has 0 radical (unpaired) electrons. The monoisotopic (exact) mass is 288 g/mol. The summed E-state index contributed by atoms with van der Waals surface area (Å²) in [4.78, 5) is 24.4. The van der Waals surface area contributed by atoms with Gasteiger partial charge >= 0.3 is 11.9 Å². The summed E-state index contributed by atoms with van der Waals surface area (Å²) in [5, 5.41) is 10.9. The first-order chi connectivity index (χ1) is 9.36. The smallest absolute Gasteiger partial charge is 0.314 e. The Morgan fingerprint density at radius 2 is 1.10 bits per heavy atom. The largest absolute Gasteiger partial charge is 0.469 e. The Balaban J connectivity index is 5.89. The summed E-state index contributed by atoms with van der Waals surface area (Å²) in [6.45, 7) is 7.27.